The average Bonchev–Trinajstić information content (AvgIpc) is 2.87. The number of anilines is 1. The van der Waals surface area contributed by atoms with Gasteiger partial charge in [0.25, 0.3) is 0 Å². The lowest BCUT2D eigenvalue weighted by atomic mass is 9.96. The molecule has 0 aliphatic carbocycles. The quantitative estimate of drug-likeness (QED) is 0.478. The van der Waals surface area contributed by atoms with Crippen molar-refractivity contribution in [1.29, 1.82) is 0 Å². The molecule has 0 N–H and O–H groups in total. The maximum atomic E-state index is 13.8. The third kappa shape index (κ3) is 5.57. The molecule has 3 aromatic carbocycles. The van der Waals surface area contributed by atoms with Crippen LogP contribution in [0.25, 0.3) is 0 Å². The number of hydrogen-bond donors (Lipinski definition) is 0. The fourth-order valence-corrected chi connectivity index (χ4v) is 5.94. The van der Waals surface area contributed by atoms with Gasteiger partial charge < -0.3 is 4.90 Å². The summed E-state index contributed by atoms with van der Waals surface area (Å²) in [6.07, 6.45) is 0.945. The summed E-state index contributed by atoms with van der Waals surface area (Å²) in [4.78, 5) is 17.3. The second-order valence-corrected chi connectivity index (χ2v) is 10.8. The second kappa shape index (κ2) is 10.8. The number of sulfonamides is 1. The van der Waals surface area contributed by atoms with Gasteiger partial charge in [0.1, 0.15) is 6.04 Å². The molecule has 36 heavy (non-hydrogen) atoms. The van der Waals surface area contributed by atoms with Crippen LogP contribution >= 0.6 is 0 Å². The number of halogens is 2. The summed E-state index contributed by atoms with van der Waals surface area (Å²) in [5, 5.41) is 0. The van der Waals surface area contributed by atoms with E-state index in [1.165, 1.54) is 6.92 Å². The monoisotopic (exact) mass is 513 g/mol. The van der Waals surface area contributed by atoms with E-state index in [0.29, 0.717) is 26.2 Å². The molecule has 1 unspecified atom stereocenters. The Bertz CT molecular complexity index is 1260. The largest absolute Gasteiger partial charge is 0.338 e. The number of piperazine rings is 1. The fraction of sp³-hybridized carbons (Fsp3) is 0.296. The first-order valence-electron chi connectivity index (χ1n) is 11.7. The van der Waals surface area contributed by atoms with Crippen molar-refractivity contribution in [1.82, 2.24) is 9.80 Å². The zero-order valence-corrected chi connectivity index (χ0v) is 21.0. The number of nitrogens with zero attached hydrogens (tertiary/aromatic N) is 3. The third-order valence-electron chi connectivity index (χ3n) is 6.45. The molecule has 1 aliphatic heterocycles. The molecule has 0 aromatic heterocycles. The highest BCUT2D eigenvalue weighted by molar-refractivity contribution is 7.92. The number of carbonyl (C=O) groups excluding carboxylic acids is 1. The van der Waals surface area contributed by atoms with Crippen LogP contribution in [-0.4, -0.2) is 62.6 Å². The van der Waals surface area contributed by atoms with Gasteiger partial charge in [0, 0.05) is 32.2 Å². The summed E-state index contributed by atoms with van der Waals surface area (Å²) in [5.74, 6) is -2.66. The van der Waals surface area contributed by atoms with Crippen LogP contribution < -0.4 is 4.31 Å². The minimum Gasteiger partial charge on any atom is -0.338 e. The van der Waals surface area contributed by atoms with E-state index in [1.54, 1.807) is 4.90 Å². The highest BCUT2D eigenvalue weighted by Gasteiger charge is 2.35. The van der Waals surface area contributed by atoms with Gasteiger partial charge in [-0.1, -0.05) is 60.7 Å². The zero-order valence-electron chi connectivity index (χ0n) is 20.2. The van der Waals surface area contributed by atoms with Crippen LogP contribution in [0, 0.1) is 11.6 Å². The van der Waals surface area contributed by atoms with E-state index in [4.69, 9.17) is 0 Å². The number of rotatable bonds is 7. The fourth-order valence-electron chi connectivity index (χ4n) is 4.77. The van der Waals surface area contributed by atoms with Gasteiger partial charge in [0.15, 0.2) is 11.6 Å². The van der Waals surface area contributed by atoms with Crippen molar-refractivity contribution in [3.63, 3.8) is 0 Å². The normalized spacial score (nSPS) is 15.6. The molecular weight excluding hydrogens is 484 g/mol. The predicted octanol–water partition coefficient (Wildman–Crippen LogP) is 4.05. The van der Waals surface area contributed by atoms with Gasteiger partial charge in [0.2, 0.25) is 15.9 Å². The summed E-state index contributed by atoms with van der Waals surface area (Å²) in [5.41, 5.74) is 2.21. The summed E-state index contributed by atoms with van der Waals surface area (Å²) >= 11 is 0. The number of amides is 1. The lowest BCUT2D eigenvalue weighted by Crippen LogP contribution is -2.55. The van der Waals surface area contributed by atoms with Gasteiger partial charge >= 0.3 is 0 Å². The molecule has 1 amide bonds. The standard InChI is InChI=1S/C27H29F2N3O3S/c1-20(32(36(2,34)35)23-13-14-24(28)25(29)19-23)27(33)31-17-15-30(16-18-31)26(21-9-5-3-6-10-21)22-11-7-4-8-12-22/h3-14,19-20,26H,15-18H2,1-2H3. The second-order valence-electron chi connectivity index (χ2n) is 8.92. The Kier molecular flexibility index (Phi) is 7.70. The highest BCUT2D eigenvalue weighted by Crippen LogP contribution is 2.30. The Morgan fingerprint density at radius 1 is 0.833 bits per heavy atom. The molecule has 9 heteroatoms. The Morgan fingerprint density at radius 2 is 1.36 bits per heavy atom. The Hall–Kier alpha value is -3.30. The Labute approximate surface area is 210 Å². The molecular formula is C27H29F2N3O3S. The average molecular weight is 514 g/mol. The topological polar surface area (TPSA) is 60.9 Å². The molecule has 190 valence electrons. The van der Waals surface area contributed by atoms with E-state index in [0.717, 1.165) is 39.9 Å². The maximum Gasteiger partial charge on any atom is 0.246 e. The zero-order chi connectivity index (χ0) is 25.9. The summed E-state index contributed by atoms with van der Waals surface area (Å²) in [6, 6.07) is 22.0. The molecule has 1 aliphatic rings. The van der Waals surface area contributed by atoms with Crippen molar-refractivity contribution in [3.05, 3.63) is 102 Å². The predicted molar refractivity (Wildman–Crippen MR) is 136 cm³/mol. The lowest BCUT2D eigenvalue weighted by Gasteiger charge is -2.41. The van der Waals surface area contributed by atoms with Crippen LogP contribution in [0.2, 0.25) is 0 Å². The van der Waals surface area contributed by atoms with Crippen molar-refractivity contribution in [2.75, 3.05) is 36.7 Å². The first-order valence-corrected chi connectivity index (χ1v) is 13.6. The smallest absolute Gasteiger partial charge is 0.246 e. The molecule has 1 saturated heterocycles. The minimum atomic E-state index is -3.94. The van der Waals surface area contributed by atoms with Gasteiger partial charge in [-0.15, -0.1) is 0 Å². The van der Waals surface area contributed by atoms with Crippen molar-refractivity contribution < 1.29 is 22.0 Å². The van der Waals surface area contributed by atoms with Gasteiger partial charge in [-0.2, -0.15) is 0 Å². The SMILES string of the molecule is CC(C(=O)N1CCN(C(c2ccccc2)c2ccccc2)CC1)N(c1ccc(F)c(F)c1)S(C)(=O)=O. The number of benzene rings is 3. The van der Waals surface area contributed by atoms with E-state index in [1.807, 2.05) is 36.4 Å². The first kappa shape index (κ1) is 25.8. The molecule has 3 aromatic rings. The van der Waals surface area contributed by atoms with Crippen molar-refractivity contribution >= 4 is 21.6 Å². The van der Waals surface area contributed by atoms with Gasteiger partial charge in [-0.3, -0.25) is 14.0 Å². The van der Waals surface area contributed by atoms with Crippen molar-refractivity contribution in [2.24, 2.45) is 0 Å². The van der Waals surface area contributed by atoms with E-state index in [2.05, 4.69) is 29.2 Å². The molecule has 0 spiro atoms. The highest BCUT2D eigenvalue weighted by atomic mass is 32.2. The molecule has 4 rings (SSSR count). The third-order valence-corrected chi connectivity index (χ3v) is 7.69. The number of carbonyl (C=O) groups is 1. The Balaban J connectivity index is 1.52. The van der Waals surface area contributed by atoms with Crippen LogP contribution in [-0.2, 0) is 14.8 Å². The van der Waals surface area contributed by atoms with Gasteiger partial charge in [-0.25, -0.2) is 17.2 Å². The van der Waals surface area contributed by atoms with Crippen LogP contribution in [0.3, 0.4) is 0 Å². The van der Waals surface area contributed by atoms with Gasteiger partial charge in [-0.05, 0) is 30.2 Å². The maximum absolute atomic E-state index is 13.8. The van der Waals surface area contributed by atoms with E-state index in [-0.39, 0.29) is 17.6 Å². The van der Waals surface area contributed by atoms with Crippen LogP contribution in [0.4, 0.5) is 14.5 Å². The van der Waals surface area contributed by atoms with Crippen molar-refractivity contribution in [3.8, 4) is 0 Å². The molecule has 6 nitrogen and oxygen atoms in total. The van der Waals surface area contributed by atoms with Crippen LogP contribution in [0.15, 0.2) is 78.9 Å². The minimum absolute atomic E-state index is 0.0248. The molecule has 1 fully saturated rings. The molecule has 0 bridgehead atoms. The molecule has 1 heterocycles. The summed E-state index contributed by atoms with van der Waals surface area (Å²) in [6.45, 7) is 3.48. The lowest BCUT2D eigenvalue weighted by molar-refractivity contribution is -0.134. The summed E-state index contributed by atoms with van der Waals surface area (Å²) < 4.78 is 53.2. The number of hydrogen-bond acceptors (Lipinski definition) is 4. The van der Waals surface area contributed by atoms with E-state index in [9.17, 15) is 22.0 Å². The molecule has 0 radical (unpaired) electrons. The molecule has 0 saturated carbocycles. The van der Waals surface area contributed by atoms with E-state index >= 15 is 0 Å². The first-order chi connectivity index (χ1) is 17.2. The summed E-state index contributed by atoms with van der Waals surface area (Å²) in [7, 11) is -3.94. The van der Waals surface area contributed by atoms with Crippen LogP contribution in [0.5, 0.6) is 0 Å². The van der Waals surface area contributed by atoms with E-state index < -0.39 is 27.7 Å². The van der Waals surface area contributed by atoms with Crippen LogP contribution in [0.1, 0.15) is 24.1 Å². The van der Waals surface area contributed by atoms with Gasteiger partial charge in [0.05, 0.1) is 18.0 Å². The molecule has 1 atom stereocenters. The Morgan fingerprint density at radius 3 is 1.83 bits per heavy atom. The van der Waals surface area contributed by atoms with Crippen molar-refractivity contribution in [2.45, 2.75) is 19.0 Å².